The summed E-state index contributed by atoms with van der Waals surface area (Å²) in [5, 5.41) is 1.25. The highest BCUT2D eigenvalue weighted by molar-refractivity contribution is 7.99. The summed E-state index contributed by atoms with van der Waals surface area (Å²) in [6.07, 6.45) is 1.29. The molecule has 1 aliphatic rings. The predicted octanol–water partition coefficient (Wildman–Crippen LogP) is 0.911. The summed E-state index contributed by atoms with van der Waals surface area (Å²) in [4.78, 5) is 7.95. The molecule has 2 unspecified atom stereocenters. The van der Waals surface area contributed by atoms with E-state index >= 15 is 0 Å². The molecule has 0 saturated carbocycles. The van der Waals surface area contributed by atoms with Crippen molar-refractivity contribution in [2.45, 2.75) is 29.7 Å². The van der Waals surface area contributed by atoms with Crippen molar-refractivity contribution in [3.8, 4) is 0 Å². The van der Waals surface area contributed by atoms with Gasteiger partial charge in [-0.2, -0.15) is 4.98 Å². The number of hydrogen-bond donors (Lipinski definition) is 2. The van der Waals surface area contributed by atoms with Crippen LogP contribution < -0.4 is 11.5 Å². The number of rotatable bonds is 2. The van der Waals surface area contributed by atoms with Crippen LogP contribution in [0.2, 0.25) is 0 Å². The number of aromatic nitrogens is 2. The van der Waals surface area contributed by atoms with E-state index in [1.54, 1.807) is 17.8 Å². The van der Waals surface area contributed by atoms with Gasteiger partial charge in [0, 0.05) is 17.9 Å². The largest absolute Gasteiger partial charge is 0.383 e. The Morgan fingerprint density at radius 3 is 2.87 bits per heavy atom. The van der Waals surface area contributed by atoms with Gasteiger partial charge in [0.15, 0.2) is 0 Å². The van der Waals surface area contributed by atoms with Gasteiger partial charge in [-0.15, -0.1) is 0 Å². The molecule has 0 aromatic carbocycles. The van der Waals surface area contributed by atoms with E-state index in [0.717, 1.165) is 18.1 Å². The fourth-order valence-corrected chi connectivity index (χ4v) is 2.67. The van der Waals surface area contributed by atoms with Crippen LogP contribution in [0.25, 0.3) is 0 Å². The first-order valence-corrected chi connectivity index (χ1v) is 5.71. The molecule has 2 atom stereocenters. The number of nitrogens with two attached hydrogens (primary N) is 2. The molecule has 1 saturated heterocycles. The Labute approximate surface area is 92.6 Å². The molecule has 1 fully saturated rings. The van der Waals surface area contributed by atoms with Crippen molar-refractivity contribution in [3.05, 3.63) is 6.07 Å². The van der Waals surface area contributed by atoms with Gasteiger partial charge in [0.1, 0.15) is 10.8 Å². The molecule has 15 heavy (non-hydrogen) atoms. The highest BCUT2D eigenvalue weighted by atomic mass is 32.2. The van der Waals surface area contributed by atoms with Crippen molar-refractivity contribution in [3.63, 3.8) is 0 Å². The Balaban J connectivity index is 2.10. The molecule has 6 heteroatoms. The van der Waals surface area contributed by atoms with Crippen LogP contribution in [0.3, 0.4) is 0 Å². The second-order valence-corrected chi connectivity index (χ2v) is 4.77. The van der Waals surface area contributed by atoms with E-state index in [9.17, 15) is 0 Å². The maximum absolute atomic E-state index is 5.59. The highest BCUT2D eigenvalue weighted by Gasteiger charge is 2.25. The zero-order valence-corrected chi connectivity index (χ0v) is 9.33. The van der Waals surface area contributed by atoms with Crippen molar-refractivity contribution in [2.24, 2.45) is 0 Å². The van der Waals surface area contributed by atoms with Crippen molar-refractivity contribution >= 4 is 23.5 Å². The summed E-state index contributed by atoms with van der Waals surface area (Å²) >= 11 is 1.65. The maximum Gasteiger partial charge on any atom is 0.223 e. The van der Waals surface area contributed by atoms with Crippen LogP contribution in [0.1, 0.15) is 13.3 Å². The monoisotopic (exact) mass is 226 g/mol. The molecular weight excluding hydrogens is 212 g/mol. The van der Waals surface area contributed by atoms with E-state index in [2.05, 4.69) is 16.9 Å². The minimum absolute atomic E-state index is 0.226. The van der Waals surface area contributed by atoms with Gasteiger partial charge < -0.3 is 16.2 Å². The molecule has 2 heterocycles. The third kappa shape index (κ3) is 2.51. The number of anilines is 2. The van der Waals surface area contributed by atoms with Crippen molar-refractivity contribution in [1.29, 1.82) is 0 Å². The first kappa shape index (κ1) is 10.5. The van der Waals surface area contributed by atoms with E-state index < -0.39 is 0 Å². The average Bonchev–Trinajstić information content (AvgIpc) is 2.50. The molecule has 0 radical (unpaired) electrons. The third-order valence-corrected chi connectivity index (χ3v) is 3.69. The normalized spacial score (nSPS) is 25.7. The number of nitrogens with zero attached hydrogens (tertiary/aromatic N) is 2. The lowest BCUT2D eigenvalue weighted by molar-refractivity contribution is 0.127. The second kappa shape index (κ2) is 4.24. The number of ether oxygens (including phenoxy) is 1. The molecule has 5 nitrogen and oxygen atoms in total. The highest BCUT2D eigenvalue weighted by Crippen LogP contribution is 2.31. The van der Waals surface area contributed by atoms with Gasteiger partial charge in [0.25, 0.3) is 0 Å². The van der Waals surface area contributed by atoms with E-state index in [-0.39, 0.29) is 12.1 Å². The molecule has 0 amide bonds. The quantitative estimate of drug-likeness (QED) is 0.729. The molecule has 2 rings (SSSR count). The van der Waals surface area contributed by atoms with Crippen LogP contribution in [0, 0.1) is 0 Å². The summed E-state index contributed by atoms with van der Waals surface area (Å²) in [5.41, 5.74) is 11.1. The average molecular weight is 226 g/mol. The van der Waals surface area contributed by atoms with Crippen LogP contribution in [0.4, 0.5) is 11.8 Å². The molecule has 0 spiro atoms. The first-order valence-electron chi connectivity index (χ1n) is 4.83. The zero-order valence-electron chi connectivity index (χ0n) is 8.51. The van der Waals surface area contributed by atoms with Crippen molar-refractivity contribution in [1.82, 2.24) is 9.97 Å². The molecule has 0 aliphatic carbocycles. The van der Waals surface area contributed by atoms with Gasteiger partial charge in [-0.3, -0.25) is 0 Å². The fourth-order valence-electron chi connectivity index (χ4n) is 1.54. The summed E-state index contributed by atoms with van der Waals surface area (Å²) < 4.78 is 5.47. The molecule has 82 valence electrons. The number of thioether (sulfide) groups is 1. The van der Waals surface area contributed by atoms with Gasteiger partial charge in [0.05, 0.1) is 6.10 Å². The second-order valence-electron chi connectivity index (χ2n) is 3.51. The number of nitrogen functional groups attached to an aromatic ring is 2. The van der Waals surface area contributed by atoms with Crippen molar-refractivity contribution < 1.29 is 4.74 Å². The standard InChI is InChI=1S/C9H14N4OS/c1-5-6(2-3-14-5)15-8-4-7(10)12-9(11)13-8/h4-6H,2-3H2,1H3,(H4,10,11,12,13). The lowest BCUT2D eigenvalue weighted by Crippen LogP contribution is -2.13. The van der Waals surface area contributed by atoms with Crippen molar-refractivity contribution in [2.75, 3.05) is 18.1 Å². The van der Waals surface area contributed by atoms with Gasteiger partial charge >= 0.3 is 0 Å². The van der Waals surface area contributed by atoms with E-state index in [1.165, 1.54) is 0 Å². The summed E-state index contributed by atoms with van der Waals surface area (Å²) in [6.45, 7) is 2.88. The topological polar surface area (TPSA) is 87.0 Å². The van der Waals surface area contributed by atoms with Crippen LogP contribution in [-0.4, -0.2) is 27.9 Å². The Hall–Kier alpha value is -1.01. The van der Waals surface area contributed by atoms with Gasteiger partial charge in [0.2, 0.25) is 5.95 Å². The Kier molecular flexibility index (Phi) is 2.97. The fraction of sp³-hybridized carbons (Fsp3) is 0.556. The minimum atomic E-state index is 0.226. The lowest BCUT2D eigenvalue weighted by Gasteiger charge is -2.12. The summed E-state index contributed by atoms with van der Waals surface area (Å²) in [7, 11) is 0. The molecular formula is C9H14N4OS. The molecule has 4 N–H and O–H groups in total. The molecule has 1 aromatic rings. The van der Waals surface area contributed by atoms with E-state index in [1.807, 2.05) is 0 Å². The molecule has 1 aliphatic heterocycles. The van der Waals surface area contributed by atoms with Gasteiger partial charge in [-0.25, -0.2) is 4.98 Å². The maximum atomic E-state index is 5.59. The lowest BCUT2D eigenvalue weighted by atomic mass is 10.3. The van der Waals surface area contributed by atoms with Gasteiger partial charge in [-0.1, -0.05) is 11.8 Å². The van der Waals surface area contributed by atoms with Crippen LogP contribution >= 0.6 is 11.8 Å². The van der Waals surface area contributed by atoms with E-state index in [4.69, 9.17) is 16.2 Å². The van der Waals surface area contributed by atoms with Crippen LogP contribution in [-0.2, 0) is 4.74 Å². The first-order chi connectivity index (χ1) is 7.15. The Morgan fingerprint density at radius 1 is 1.47 bits per heavy atom. The molecule has 1 aromatic heterocycles. The Bertz CT molecular complexity index is 340. The van der Waals surface area contributed by atoms with Crippen LogP contribution in [0.15, 0.2) is 11.1 Å². The van der Waals surface area contributed by atoms with Gasteiger partial charge in [-0.05, 0) is 13.3 Å². The third-order valence-electron chi connectivity index (χ3n) is 2.32. The SMILES string of the molecule is CC1OCCC1Sc1cc(N)nc(N)n1. The smallest absolute Gasteiger partial charge is 0.223 e. The summed E-state index contributed by atoms with van der Waals surface area (Å²) in [5.74, 6) is 0.639. The number of hydrogen-bond acceptors (Lipinski definition) is 6. The predicted molar refractivity (Wildman–Crippen MR) is 60.5 cm³/mol. The summed E-state index contributed by atoms with van der Waals surface area (Å²) in [6, 6.07) is 1.74. The zero-order chi connectivity index (χ0) is 10.8. The molecule has 0 bridgehead atoms. The minimum Gasteiger partial charge on any atom is -0.383 e. The van der Waals surface area contributed by atoms with Crippen LogP contribution in [0.5, 0.6) is 0 Å². The Morgan fingerprint density at radius 2 is 2.27 bits per heavy atom. The van der Waals surface area contributed by atoms with E-state index in [0.29, 0.717) is 11.1 Å².